The lowest BCUT2D eigenvalue weighted by atomic mass is 10.3. The summed E-state index contributed by atoms with van der Waals surface area (Å²) in [6.45, 7) is 7.05. The number of guanidine groups is 1. The maximum Gasteiger partial charge on any atom is 0.191 e. The molecule has 0 amide bonds. The number of ether oxygens (including phenoxy) is 3. The molecule has 0 unspecified atom stereocenters. The number of rotatable bonds is 13. The first-order valence-electron chi connectivity index (χ1n) is 8.63. The molecule has 24 heavy (non-hydrogen) atoms. The molecule has 0 aliphatic carbocycles. The lowest BCUT2D eigenvalue weighted by molar-refractivity contribution is 0.0690. The Hall–Kier alpha value is -1.79. The van der Waals surface area contributed by atoms with Crippen molar-refractivity contribution in [2.24, 2.45) is 4.99 Å². The van der Waals surface area contributed by atoms with Crippen LogP contribution in [-0.4, -0.2) is 59.1 Å². The highest BCUT2D eigenvalue weighted by Gasteiger charge is 1.97. The van der Waals surface area contributed by atoms with Crippen molar-refractivity contribution in [1.29, 1.82) is 0 Å². The van der Waals surface area contributed by atoms with Gasteiger partial charge in [-0.1, -0.05) is 18.2 Å². The van der Waals surface area contributed by atoms with E-state index in [9.17, 15) is 0 Å². The largest absolute Gasteiger partial charge is 0.492 e. The van der Waals surface area contributed by atoms with Gasteiger partial charge >= 0.3 is 0 Å². The van der Waals surface area contributed by atoms with Crippen molar-refractivity contribution in [3.05, 3.63) is 30.3 Å². The van der Waals surface area contributed by atoms with E-state index in [0.717, 1.165) is 44.2 Å². The van der Waals surface area contributed by atoms with E-state index in [1.54, 1.807) is 7.11 Å². The van der Waals surface area contributed by atoms with Crippen LogP contribution in [0.5, 0.6) is 5.75 Å². The number of para-hydroxylation sites is 1. The summed E-state index contributed by atoms with van der Waals surface area (Å²) in [6, 6.07) is 9.81. The third-order valence-electron chi connectivity index (χ3n) is 3.15. The highest BCUT2D eigenvalue weighted by atomic mass is 16.5. The normalized spacial score (nSPS) is 11.3. The fraction of sp³-hybridized carbons (Fsp3) is 0.611. The van der Waals surface area contributed by atoms with Gasteiger partial charge in [-0.3, -0.25) is 4.99 Å². The number of nitrogens with zero attached hydrogens (tertiary/aromatic N) is 1. The number of aliphatic imine (C=N–C) groups is 1. The molecule has 0 atom stereocenters. The monoisotopic (exact) mass is 337 g/mol. The highest BCUT2D eigenvalue weighted by Crippen LogP contribution is 2.07. The van der Waals surface area contributed by atoms with E-state index in [4.69, 9.17) is 14.2 Å². The Balaban J connectivity index is 2.11. The van der Waals surface area contributed by atoms with Gasteiger partial charge in [-0.2, -0.15) is 0 Å². The molecular weight excluding hydrogens is 306 g/mol. The second-order valence-corrected chi connectivity index (χ2v) is 5.16. The number of hydrogen-bond donors (Lipinski definition) is 2. The van der Waals surface area contributed by atoms with E-state index >= 15 is 0 Å². The van der Waals surface area contributed by atoms with Gasteiger partial charge in [0.15, 0.2) is 5.96 Å². The molecule has 0 aliphatic rings. The van der Waals surface area contributed by atoms with Crippen LogP contribution >= 0.6 is 0 Å². The predicted octanol–water partition coefficient (Wildman–Crippen LogP) is 2.06. The number of benzene rings is 1. The van der Waals surface area contributed by atoms with Crippen LogP contribution in [0.4, 0.5) is 0 Å². The third-order valence-corrected chi connectivity index (χ3v) is 3.15. The van der Waals surface area contributed by atoms with Crippen LogP contribution in [0.15, 0.2) is 35.3 Å². The minimum absolute atomic E-state index is 0.599. The van der Waals surface area contributed by atoms with Crippen LogP contribution in [0.25, 0.3) is 0 Å². The van der Waals surface area contributed by atoms with Crippen LogP contribution in [-0.2, 0) is 9.47 Å². The fourth-order valence-electron chi connectivity index (χ4n) is 1.95. The van der Waals surface area contributed by atoms with E-state index < -0.39 is 0 Å². The van der Waals surface area contributed by atoms with Gasteiger partial charge in [-0.05, 0) is 31.9 Å². The van der Waals surface area contributed by atoms with E-state index in [2.05, 4.69) is 22.5 Å². The predicted molar refractivity (Wildman–Crippen MR) is 97.8 cm³/mol. The Bertz CT molecular complexity index is 427. The van der Waals surface area contributed by atoms with Gasteiger partial charge in [0.1, 0.15) is 12.4 Å². The Morgan fingerprint density at radius 3 is 2.58 bits per heavy atom. The maximum absolute atomic E-state index is 5.65. The summed E-state index contributed by atoms with van der Waals surface area (Å²) in [5.41, 5.74) is 0. The third kappa shape index (κ3) is 10.9. The molecule has 0 heterocycles. The minimum atomic E-state index is 0.599. The van der Waals surface area contributed by atoms with Gasteiger partial charge < -0.3 is 24.8 Å². The molecule has 0 fully saturated rings. The first kappa shape index (κ1) is 20.3. The molecule has 0 saturated carbocycles. The Morgan fingerprint density at radius 1 is 1.00 bits per heavy atom. The van der Waals surface area contributed by atoms with Gasteiger partial charge in [-0.15, -0.1) is 0 Å². The minimum Gasteiger partial charge on any atom is -0.492 e. The molecule has 0 radical (unpaired) electrons. The van der Waals surface area contributed by atoms with E-state index in [0.29, 0.717) is 26.4 Å². The number of unbranched alkanes of at least 4 members (excludes halogenated alkanes) is 1. The SMILES string of the molecule is CCNC(=NCCCCOCCOC)NCCOc1ccccc1. The van der Waals surface area contributed by atoms with Crippen molar-refractivity contribution in [3.63, 3.8) is 0 Å². The summed E-state index contributed by atoms with van der Waals surface area (Å²) < 4.78 is 16.0. The van der Waals surface area contributed by atoms with Crippen molar-refractivity contribution in [1.82, 2.24) is 10.6 Å². The molecule has 0 aromatic heterocycles. The second kappa shape index (κ2) is 14.8. The lowest BCUT2D eigenvalue weighted by Gasteiger charge is -2.12. The summed E-state index contributed by atoms with van der Waals surface area (Å²) in [4.78, 5) is 4.55. The summed E-state index contributed by atoms with van der Waals surface area (Å²) in [6.07, 6.45) is 2.01. The summed E-state index contributed by atoms with van der Waals surface area (Å²) in [7, 11) is 1.68. The zero-order chi connectivity index (χ0) is 17.3. The molecule has 136 valence electrons. The molecule has 0 saturated heterocycles. The molecule has 2 N–H and O–H groups in total. The average molecular weight is 337 g/mol. The van der Waals surface area contributed by atoms with Crippen molar-refractivity contribution in [2.45, 2.75) is 19.8 Å². The standard InChI is InChI=1S/C18H31N3O3/c1-3-19-18(20-11-7-8-13-23-16-15-22-2)21-12-14-24-17-9-5-4-6-10-17/h4-6,9-10H,3,7-8,11-16H2,1-2H3,(H2,19,20,21). The molecule has 6 heteroatoms. The van der Waals surface area contributed by atoms with Crippen LogP contribution < -0.4 is 15.4 Å². The maximum atomic E-state index is 5.65. The van der Waals surface area contributed by atoms with E-state index in [1.807, 2.05) is 30.3 Å². The van der Waals surface area contributed by atoms with Crippen molar-refractivity contribution >= 4 is 5.96 Å². The Morgan fingerprint density at radius 2 is 1.83 bits per heavy atom. The number of methoxy groups -OCH3 is 1. The van der Waals surface area contributed by atoms with Crippen LogP contribution in [0.3, 0.4) is 0 Å². The Kier molecular flexibility index (Phi) is 12.5. The molecule has 0 spiro atoms. The quantitative estimate of drug-likeness (QED) is 0.328. The van der Waals surface area contributed by atoms with E-state index in [1.165, 1.54) is 0 Å². The number of nitrogens with one attached hydrogen (secondary N) is 2. The molecule has 1 aromatic rings. The van der Waals surface area contributed by atoms with Gasteiger partial charge in [-0.25, -0.2) is 0 Å². The second-order valence-electron chi connectivity index (χ2n) is 5.16. The molecule has 6 nitrogen and oxygen atoms in total. The van der Waals surface area contributed by atoms with Gasteiger partial charge in [0.05, 0.1) is 19.8 Å². The summed E-state index contributed by atoms with van der Waals surface area (Å²) >= 11 is 0. The fourth-order valence-corrected chi connectivity index (χ4v) is 1.95. The van der Waals surface area contributed by atoms with Crippen molar-refractivity contribution in [3.8, 4) is 5.75 Å². The van der Waals surface area contributed by atoms with Gasteiger partial charge in [0.2, 0.25) is 0 Å². The summed E-state index contributed by atoms with van der Waals surface area (Å²) in [5, 5.41) is 6.51. The number of hydrogen-bond acceptors (Lipinski definition) is 4. The zero-order valence-electron chi connectivity index (χ0n) is 14.9. The zero-order valence-corrected chi connectivity index (χ0v) is 14.9. The summed E-state index contributed by atoms with van der Waals surface area (Å²) in [5.74, 6) is 1.71. The highest BCUT2D eigenvalue weighted by molar-refractivity contribution is 5.79. The molecular formula is C18H31N3O3. The van der Waals surface area contributed by atoms with Gasteiger partial charge in [0.25, 0.3) is 0 Å². The Labute approximate surface area is 145 Å². The molecule has 0 aliphatic heterocycles. The average Bonchev–Trinajstić information content (AvgIpc) is 2.61. The van der Waals surface area contributed by atoms with Crippen LogP contribution in [0.2, 0.25) is 0 Å². The van der Waals surface area contributed by atoms with Crippen LogP contribution in [0.1, 0.15) is 19.8 Å². The van der Waals surface area contributed by atoms with E-state index in [-0.39, 0.29) is 0 Å². The lowest BCUT2D eigenvalue weighted by Crippen LogP contribution is -2.39. The van der Waals surface area contributed by atoms with Gasteiger partial charge in [0, 0.05) is 26.8 Å². The first-order valence-corrected chi connectivity index (χ1v) is 8.63. The van der Waals surface area contributed by atoms with Crippen molar-refractivity contribution < 1.29 is 14.2 Å². The molecule has 1 rings (SSSR count). The topological polar surface area (TPSA) is 64.1 Å². The van der Waals surface area contributed by atoms with Crippen LogP contribution in [0, 0.1) is 0 Å². The smallest absolute Gasteiger partial charge is 0.191 e. The van der Waals surface area contributed by atoms with Crippen molar-refractivity contribution in [2.75, 3.05) is 53.2 Å². The first-order chi connectivity index (χ1) is 11.9. The molecule has 1 aromatic carbocycles. The molecule has 0 bridgehead atoms.